The molecule has 2 heterocycles. The van der Waals surface area contributed by atoms with Crippen LogP contribution in [0.25, 0.3) is 0 Å². The number of carbonyl (C=O) groups is 2. The molecule has 2 aromatic rings. The molecule has 1 aromatic carbocycles. The Labute approximate surface area is 140 Å². The lowest BCUT2D eigenvalue weighted by Crippen LogP contribution is -2.24. The minimum atomic E-state index is -0.289. The SMILES string of the molecule is C/C(=N/NC(=O)c1ccc(N2CCCC2=O)cc1)c1ccncc1. The zero-order chi connectivity index (χ0) is 16.9. The zero-order valence-corrected chi connectivity index (χ0v) is 13.4. The molecule has 6 nitrogen and oxygen atoms in total. The monoisotopic (exact) mass is 322 g/mol. The van der Waals surface area contributed by atoms with Gasteiger partial charge in [-0.2, -0.15) is 5.10 Å². The van der Waals surface area contributed by atoms with E-state index in [0.717, 1.165) is 24.2 Å². The van der Waals surface area contributed by atoms with Crippen LogP contribution < -0.4 is 10.3 Å². The van der Waals surface area contributed by atoms with Gasteiger partial charge in [-0.15, -0.1) is 0 Å². The topological polar surface area (TPSA) is 74.7 Å². The lowest BCUT2D eigenvalue weighted by atomic mass is 10.2. The lowest BCUT2D eigenvalue weighted by molar-refractivity contribution is -0.117. The summed E-state index contributed by atoms with van der Waals surface area (Å²) in [6.07, 6.45) is 4.82. The first-order chi connectivity index (χ1) is 11.6. The Morgan fingerprint density at radius 3 is 2.46 bits per heavy atom. The highest BCUT2D eigenvalue weighted by Crippen LogP contribution is 2.21. The summed E-state index contributed by atoms with van der Waals surface area (Å²) in [6.45, 7) is 2.55. The number of amides is 2. The highest BCUT2D eigenvalue weighted by Gasteiger charge is 2.21. The van der Waals surface area contributed by atoms with Crippen molar-refractivity contribution in [3.05, 3.63) is 59.9 Å². The molecule has 1 aliphatic heterocycles. The van der Waals surface area contributed by atoms with Gasteiger partial charge in [0.05, 0.1) is 5.71 Å². The summed E-state index contributed by atoms with van der Waals surface area (Å²) in [5.41, 5.74) is 5.46. The molecule has 0 spiro atoms. The largest absolute Gasteiger partial charge is 0.312 e. The molecule has 3 rings (SSSR count). The van der Waals surface area contributed by atoms with Gasteiger partial charge in [-0.05, 0) is 49.7 Å². The van der Waals surface area contributed by atoms with Crippen LogP contribution >= 0.6 is 0 Å². The van der Waals surface area contributed by atoms with Crippen LogP contribution in [0.3, 0.4) is 0 Å². The Morgan fingerprint density at radius 2 is 1.83 bits per heavy atom. The normalized spacial score (nSPS) is 14.8. The number of hydrogen-bond donors (Lipinski definition) is 1. The quantitative estimate of drug-likeness (QED) is 0.693. The maximum absolute atomic E-state index is 12.2. The maximum Gasteiger partial charge on any atom is 0.271 e. The van der Waals surface area contributed by atoms with Crippen molar-refractivity contribution >= 4 is 23.2 Å². The molecule has 122 valence electrons. The fourth-order valence-corrected chi connectivity index (χ4v) is 2.57. The third-order valence-electron chi connectivity index (χ3n) is 3.94. The van der Waals surface area contributed by atoms with E-state index in [1.165, 1.54) is 0 Å². The van der Waals surface area contributed by atoms with Crippen LogP contribution in [0.5, 0.6) is 0 Å². The van der Waals surface area contributed by atoms with E-state index in [0.29, 0.717) is 17.7 Å². The van der Waals surface area contributed by atoms with Crippen molar-refractivity contribution in [2.45, 2.75) is 19.8 Å². The van der Waals surface area contributed by atoms with Gasteiger partial charge in [-0.25, -0.2) is 5.43 Å². The molecular formula is C18H18N4O2. The smallest absolute Gasteiger partial charge is 0.271 e. The van der Waals surface area contributed by atoms with Crippen LogP contribution in [0.2, 0.25) is 0 Å². The second-order valence-corrected chi connectivity index (χ2v) is 5.57. The Kier molecular flexibility index (Phi) is 4.65. The van der Waals surface area contributed by atoms with Crippen molar-refractivity contribution in [3.63, 3.8) is 0 Å². The predicted octanol–water partition coefficient (Wildman–Crippen LogP) is 2.36. The highest BCUT2D eigenvalue weighted by atomic mass is 16.2. The number of carbonyl (C=O) groups excluding carboxylic acids is 2. The molecule has 0 saturated carbocycles. The van der Waals surface area contributed by atoms with Gasteiger partial charge in [-0.3, -0.25) is 14.6 Å². The molecule has 1 aromatic heterocycles. The second-order valence-electron chi connectivity index (χ2n) is 5.57. The molecule has 0 aliphatic carbocycles. The van der Waals surface area contributed by atoms with Gasteiger partial charge in [0.15, 0.2) is 0 Å². The van der Waals surface area contributed by atoms with E-state index in [9.17, 15) is 9.59 Å². The fraction of sp³-hybridized carbons (Fsp3) is 0.222. The van der Waals surface area contributed by atoms with E-state index in [-0.39, 0.29) is 11.8 Å². The average molecular weight is 322 g/mol. The van der Waals surface area contributed by atoms with Crippen molar-refractivity contribution in [3.8, 4) is 0 Å². The lowest BCUT2D eigenvalue weighted by Gasteiger charge is -2.15. The van der Waals surface area contributed by atoms with E-state index in [1.807, 2.05) is 19.1 Å². The third kappa shape index (κ3) is 3.48. The van der Waals surface area contributed by atoms with Crippen LogP contribution in [0.15, 0.2) is 53.9 Å². The van der Waals surface area contributed by atoms with Crippen LogP contribution in [-0.2, 0) is 4.79 Å². The van der Waals surface area contributed by atoms with Crippen LogP contribution in [0, 0.1) is 0 Å². The summed E-state index contributed by atoms with van der Waals surface area (Å²) in [5.74, 6) is -0.160. The van der Waals surface area contributed by atoms with Crippen molar-refractivity contribution in [1.29, 1.82) is 0 Å². The van der Waals surface area contributed by atoms with Crippen LogP contribution in [0.1, 0.15) is 35.7 Å². The minimum Gasteiger partial charge on any atom is -0.312 e. The number of aromatic nitrogens is 1. The molecule has 1 aliphatic rings. The number of benzene rings is 1. The van der Waals surface area contributed by atoms with Crippen LogP contribution in [-0.4, -0.2) is 29.1 Å². The van der Waals surface area contributed by atoms with E-state index < -0.39 is 0 Å². The summed E-state index contributed by atoms with van der Waals surface area (Å²) in [6, 6.07) is 10.6. The molecule has 1 saturated heterocycles. The van der Waals surface area contributed by atoms with Crippen LogP contribution in [0.4, 0.5) is 5.69 Å². The molecule has 0 radical (unpaired) electrons. The Hall–Kier alpha value is -3.02. The zero-order valence-electron chi connectivity index (χ0n) is 13.4. The fourth-order valence-electron chi connectivity index (χ4n) is 2.57. The molecule has 0 atom stereocenters. The highest BCUT2D eigenvalue weighted by molar-refractivity contribution is 6.01. The summed E-state index contributed by atoms with van der Waals surface area (Å²) in [4.78, 5) is 29.6. The van der Waals surface area contributed by atoms with Crippen molar-refractivity contribution in [1.82, 2.24) is 10.4 Å². The number of anilines is 1. The van der Waals surface area contributed by atoms with Crippen molar-refractivity contribution in [2.75, 3.05) is 11.4 Å². The molecule has 24 heavy (non-hydrogen) atoms. The van der Waals surface area contributed by atoms with Gasteiger partial charge in [0.2, 0.25) is 5.91 Å². The molecule has 0 unspecified atom stereocenters. The molecule has 6 heteroatoms. The van der Waals surface area contributed by atoms with Crippen molar-refractivity contribution < 1.29 is 9.59 Å². The van der Waals surface area contributed by atoms with Gasteiger partial charge < -0.3 is 4.90 Å². The number of nitrogens with zero attached hydrogens (tertiary/aromatic N) is 3. The Bertz CT molecular complexity index is 769. The van der Waals surface area contributed by atoms with Gasteiger partial charge in [0, 0.05) is 42.2 Å². The van der Waals surface area contributed by atoms with E-state index in [1.54, 1.807) is 41.6 Å². The number of rotatable bonds is 4. The molecule has 1 fully saturated rings. The Balaban J connectivity index is 1.66. The van der Waals surface area contributed by atoms with E-state index in [4.69, 9.17) is 0 Å². The van der Waals surface area contributed by atoms with Gasteiger partial charge >= 0.3 is 0 Å². The van der Waals surface area contributed by atoms with E-state index >= 15 is 0 Å². The first-order valence-corrected chi connectivity index (χ1v) is 7.80. The Morgan fingerprint density at radius 1 is 1.12 bits per heavy atom. The third-order valence-corrected chi connectivity index (χ3v) is 3.94. The van der Waals surface area contributed by atoms with Gasteiger partial charge in [0.1, 0.15) is 0 Å². The summed E-state index contributed by atoms with van der Waals surface area (Å²) < 4.78 is 0. The van der Waals surface area contributed by atoms with Gasteiger partial charge in [-0.1, -0.05) is 0 Å². The molecule has 0 bridgehead atoms. The average Bonchev–Trinajstić information content (AvgIpc) is 3.06. The number of hydrazone groups is 1. The van der Waals surface area contributed by atoms with E-state index in [2.05, 4.69) is 15.5 Å². The standard InChI is InChI=1S/C18H18N4O2/c1-13(14-8-10-19-11-9-14)20-21-18(24)15-4-6-16(7-5-15)22-12-2-3-17(22)23/h4-11H,2-3,12H2,1H3,(H,21,24)/b20-13-. The first-order valence-electron chi connectivity index (χ1n) is 7.80. The first kappa shape index (κ1) is 15.9. The number of hydrogen-bond acceptors (Lipinski definition) is 4. The minimum absolute atomic E-state index is 0.129. The number of nitrogens with one attached hydrogen (secondary N) is 1. The summed E-state index contributed by atoms with van der Waals surface area (Å²) >= 11 is 0. The van der Waals surface area contributed by atoms with Gasteiger partial charge in [0.25, 0.3) is 5.91 Å². The predicted molar refractivity (Wildman–Crippen MR) is 91.9 cm³/mol. The molecule has 1 N–H and O–H groups in total. The summed E-state index contributed by atoms with van der Waals surface area (Å²) in [5, 5.41) is 4.11. The van der Waals surface area contributed by atoms with Crippen molar-refractivity contribution in [2.24, 2.45) is 5.10 Å². The molecular weight excluding hydrogens is 304 g/mol. The number of pyridine rings is 1. The second kappa shape index (κ2) is 7.04. The maximum atomic E-state index is 12.2. The molecule has 2 amide bonds. The summed E-state index contributed by atoms with van der Waals surface area (Å²) in [7, 11) is 0.